The lowest BCUT2D eigenvalue weighted by Crippen LogP contribution is -2.30. The number of ether oxygens (including phenoxy) is 1. The van der Waals surface area contributed by atoms with Crippen molar-refractivity contribution in [1.82, 2.24) is 0 Å². The highest BCUT2D eigenvalue weighted by Gasteiger charge is 2.24. The molecule has 0 aliphatic heterocycles. The number of carboxylic acid groups (broad SMARTS) is 1. The third-order valence-electron chi connectivity index (χ3n) is 3.03. The minimum absolute atomic E-state index is 0.0821. The third-order valence-corrected chi connectivity index (χ3v) is 3.03. The number of carbonyl (C=O) groups excluding carboxylic acids is 1. The first-order valence-electron chi connectivity index (χ1n) is 7.21. The maximum absolute atomic E-state index is 11.8. The number of anilines is 1. The van der Waals surface area contributed by atoms with Gasteiger partial charge in [0, 0.05) is 11.8 Å². The Bertz CT molecular complexity index is 600. The molecule has 0 aromatic heterocycles. The molecule has 0 heterocycles. The van der Waals surface area contributed by atoms with Gasteiger partial charge in [-0.25, -0.2) is 9.59 Å². The molecule has 0 amide bonds. The molecule has 1 aromatic carbocycles. The highest BCUT2D eigenvalue weighted by atomic mass is 16.6. The predicted molar refractivity (Wildman–Crippen MR) is 83.6 cm³/mol. The summed E-state index contributed by atoms with van der Waals surface area (Å²) in [4.78, 5) is 33.4. The Hall–Kier alpha value is -2.64. The topological polar surface area (TPSA) is 119 Å². The molecule has 0 aliphatic rings. The van der Waals surface area contributed by atoms with Crippen LogP contribution in [-0.2, 0) is 9.53 Å². The molecule has 1 atom stereocenters. The molecular formula is C15H20N2O6. The number of hydrogen-bond donors (Lipinski definition) is 2. The molecule has 0 aliphatic carbocycles. The van der Waals surface area contributed by atoms with Gasteiger partial charge in [-0.05, 0) is 31.4 Å². The number of nitro groups is 1. The highest BCUT2D eigenvalue weighted by Crippen LogP contribution is 2.24. The number of carbonyl (C=O) groups is 2. The van der Waals surface area contributed by atoms with Gasteiger partial charge in [-0.15, -0.1) is 0 Å². The summed E-state index contributed by atoms with van der Waals surface area (Å²) in [5.74, 6) is -1.71. The molecule has 0 fully saturated rings. The summed E-state index contributed by atoms with van der Waals surface area (Å²) >= 11 is 0. The second-order valence-corrected chi connectivity index (χ2v) is 5.37. The zero-order valence-corrected chi connectivity index (χ0v) is 13.2. The molecule has 0 saturated heterocycles. The van der Waals surface area contributed by atoms with Crippen LogP contribution in [0.3, 0.4) is 0 Å². The van der Waals surface area contributed by atoms with E-state index in [0.717, 1.165) is 6.07 Å². The summed E-state index contributed by atoms with van der Waals surface area (Å²) in [5, 5.41) is 23.0. The van der Waals surface area contributed by atoms with Crippen LogP contribution in [0.15, 0.2) is 18.2 Å². The molecule has 23 heavy (non-hydrogen) atoms. The normalized spacial score (nSPS) is 11.8. The van der Waals surface area contributed by atoms with Gasteiger partial charge in [0.05, 0.1) is 11.5 Å². The molecule has 8 heteroatoms. The van der Waals surface area contributed by atoms with Crippen molar-refractivity contribution in [1.29, 1.82) is 0 Å². The van der Waals surface area contributed by atoms with Gasteiger partial charge in [0.2, 0.25) is 0 Å². The number of nitrogens with one attached hydrogen (secondary N) is 1. The van der Waals surface area contributed by atoms with Gasteiger partial charge in [0.25, 0.3) is 5.69 Å². The maximum Gasteiger partial charge on any atom is 0.345 e. The summed E-state index contributed by atoms with van der Waals surface area (Å²) in [7, 11) is 0. The molecule has 0 bridgehead atoms. The van der Waals surface area contributed by atoms with E-state index in [0.29, 0.717) is 12.1 Å². The first-order chi connectivity index (χ1) is 10.8. The summed E-state index contributed by atoms with van der Waals surface area (Å²) < 4.78 is 4.80. The monoisotopic (exact) mass is 324 g/mol. The number of hydrogen-bond acceptors (Lipinski definition) is 6. The smallest absolute Gasteiger partial charge is 0.345 e. The van der Waals surface area contributed by atoms with Crippen LogP contribution in [-0.4, -0.2) is 34.6 Å². The Kier molecular flexibility index (Phi) is 6.49. The quantitative estimate of drug-likeness (QED) is 0.428. The number of nitrogens with zero attached hydrogens (tertiary/aromatic N) is 1. The van der Waals surface area contributed by atoms with Crippen molar-refractivity contribution < 1.29 is 24.4 Å². The minimum atomic E-state index is -1.03. The van der Waals surface area contributed by atoms with Crippen LogP contribution in [0.5, 0.6) is 0 Å². The minimum Gasteiger partial charge on any atom is -0.480 e. The highest BCUT2D eigenvalue weighted by molar-refractivity contribution is 5.95. The van der Waals surface area contributed by atoms with Crippen LogP contribution >= 0.6 is 0 Å². The van der Waals surface area contributed by atoms with E-state index in [4.69, 9.17) is 4.74 Å². The van der Waals surface area contributed by atoms with E-state index in [2.05, 4.69) is 5.32 Å². The van der Waals surface area contributed by atoms with Crippen molar-refractivity contribution in [2.45, 2.75) is 33.2 Å². The Morgan fingerprint density at radius 3 is 2.52 bits per heavy atom. The van der Waals surface area contributed by atoms with E-state index in [1.165, 1.54) is 12.1 Å². The number of esters is 1. The number of carboxylic acids is 1. The molecule has 1 rings (SSSR count). The van der Waals surface area contributed by atoms with Gasteiger partial charge in [-0.1, -0.05) is 13.8 Å². The van der Waals surface area contributed by atoms with E-state index < -0.39 is 22.9 Å². The van der Waals surface area contributed by atoms with E-state index in [-0.39, 0.29) is 23.8 Å². The van der Waals surface area contributed by atoms with Crippen molar-refractivity contribution in [3.63, 3.8) is 0 Å². The lowest BCUT2D eigenvalue weighted by Gasteiger charge is -2.18. The molecule has 1 aromatic rings. The second kappa shape index (κ2) is 8.11. The largest absolute Gasteiger partial charge is 0.480 e. The van der Waals surface area contributed by atoms with Crippen molar-refractivity contribution in [3.05, 3.63) is 33.9 Å². The molecular weight excluding hydrogens is 304 g/mol. The predicted octanol–water partition coefficient (Wildman–Crippen LogP) is 2.68. The van der Waals surface area contributed by atoms with Crippen molar-refractivity contribution in [2.24, 2.45) is 5.92 Å². The Labute approximate surface area is 133 Å². The fraction of sp³-hybridized carbons (Fsp3) is 0.467. The molecule has 2 N–H and O–H groups in total. The first kappa shape index (κ1) is 18.4. The lowest BCUT2D eigenvalue weighted by molar-refractivity contribution is -0.385. The molecule has 0 spiro atoms. The third kappa shape index (κ3) is 5.24. The Morgan fingerprint density at radius 1 is 1.39 bits per heavy atom. The average molecular weight is 324 g/mol. The van der Waals surface area contributed by atoms with Crippen molar-refractivity contribution in [3.8, 4) is 0 Å². The molecule has 126 valence electrons. The van der Waals surface area contributed by atoms with Gasteiger partial charge < -0.3 is 15.2 Å². The van der Waals surface area contributed by atoms with E-state index in [1.54, 1.807) is 6.92 Å². The van der Waals surface area contributed by atoms with Crippen molar-refractivity contribution in [2.75, 3.05) is 11.9 Å². The van der Waals surface area contributed by atoms with E-state index in [9.17, 15) is 24.8 Å². The number of rotatable bonds is 8. The average Bonchev–Trinajstić information content (AvgIpc) is 2.45. The van der Waals surface area contributed by atoms with Gasteiger partial charge in [0.15, 0.2) is 0 Å². The van der Waals surface area contributed by atoms with Crippen LogP contribution in [0.4, 0.5) is 11.4 Å². The zero-order chi connectivity index (χ0) is 17.6. The zero-order valence-electron chi connectivity index (χ0n) is 13.2. The molecule has 0 radical (unpaired) electrons. The Morgan fingerprint density at radius 2 is 2.04 bits per heavy atom. The maximum atomic E-state index is 11.8. The summed E-state index contributed by atoms with van der Waals surface area (Å²) in [6.45, 7) is 5.45. The fourth-order valence-corrected chi connectivity index (χ4v) is 2.05. The van der Waals surface area contributed by atoms with Crippen LogP contribution in [0, 0.1) is 16.0 Å². The number of benzene rings is 1. The Balaban J connectivity index is 3.13. The standard InChI is InChI=1S/C15H20N2O6/c1-4-23-15(20)11-8-10(5-6-13(11)17(21)22)16-12(14(18)19)7-9(2)3/h5-6,8-9,12,16H,4,7H2,1-3H3,(H,18,19)/t12-/m0/s1. The van der Waals surface area contributed by atoms with Gasteiger partial charge >= 0.3 is 11.9 Å². The molecule has 0 unspecified atom stereocenters. The summed E-state index contributed by atoms with van der Waals surface area (Å²) in [5.41, 5.74) is -0.285. The number of nitro benzene ring substituents is 1. The summed E-state index contributed by atoms with van der Waals surface area (Å²) in [6.07, 6.45) is 0.376. The fourth-order valence-electron chi connectivity index (χ4n) is 2.05. The van der Waals surface area contributed by atoms with E-state index in [1.807, 2.05) is 13.8 Å². The second-order valence-electron chi connectivity index (χ2n) is 5.37. The van der Waals surface area contributed by atoms with Crippen LogP contribution in [0.25, 0.3) is 0 Å². The lowest BCUT2D eigenvalue weighted by atomic mass is 10.0. The van der Waals surface area contributed by atoms with Crippen LogP contribution in [0.1, 0.15) is 37.6 Å². The first-order valence-corrected chi connectivity index (χ1v) is 7.21. The van der Waals surface area contributed by atoms with Crippen LogP contribution in [0.2, 0.25) is 0 Å². The summed E-state index contributed by atoms with van der Waals surface area (Å²) in [6, 6.07) is 2.92. The molecule has 8 nitrogen and oxygen atoms in total. The molecule has 0 saturated carbocycles. The van der Waals surface area contributed by atoms with Gasteiger partial charge in [-0.3, -0.25) is 10.1 Å². The SMILES string of the molecule is CCOC(=O)c1cc(N[C@@H](CC(C)C)C(=O)O)ccc1[N+](=O)[O-]. The van der Waals surface area contributed by atoms with Crippen molar-refractivity contribution >= 4 is 23.3 Å². The van der Waals surface area contributed by atoms with Gasteiger partial charge in [0.1, 0.15) is 11.6 Å². The number of aliphatic carboxylic acids is 1. The van der Waals surface area contributed by atoms with E-state index >= 15 is 0 Å². The van der Waals surface area contributed by atoms with Crippen LogP contribution < -0.4 is 5.32 Å². The van der Waals surface area contributed by atoms with Gasteiger partial charge in [-0.2, -0.15) is 0 Å².